The Balaban J connectivity index is 1.84. The number of methoxy groups -OCH3 is 1. The molecule has 138 valence electrons. The number of hydrogen-bond acceptors (Lipinski definition) is 6. The highest BCUT2D eigenvalue weighted by atomic mass is 19.4. The summed E-state index contributed by atoms with van der Waals surface area (Å²) in [6.07, 6.45) is -1.30. The number of aromatic nitrogens is 4. The molecule has 0 bridgehead atoms. The number of aryl methyl sites for hydroxylation is 1. The summed E-state index contributed by atoms with van der Waals surface area (Å²) in [7, 11) is 1.62. The van der Waals surface area contributed by atoms with Crippen LogP contribution in [0.3, 0.4) is 0 Å². The zero-order chi connectivity index (χ0) is 18.7. The van der Waals surface area contributed by atoms with E-state index in [1.54, 1.807) is 13.3 Å². The van der Waals surface area contributed by atoms with Crippen LogP contribution in [0.4, 0.5) is 30.6 Å². The van der Waals surface area contributed by atoms with Crippen molar-refractivity contribution in [2.75, 3.05) is 24.8 Å². The number of nitrogen functional groups attached to an aromatic ring is 1. The number of rotatable bonds is 6. The van der Waals surface area contributed by atoms with Gasteiger partial charge in [0.1, 0.15) is 0 Å². The molecule has 0 aliphatic heterocycles. The molecule has 0 aliphatic carbocycles. The van der Waals surface area contributed by atoms with Gasteiger partial charge in [-0.25, -0.2) is 9.50 Å². The van der Waals surface area contributed by atoms with Crippen LogP contribution in [0.15, 0.2) is 30.5 Å². The molecule has 0 atom stereocenters. The minimum Gasteiger partial charge on any atom is -0.385 e. The molecule has 3 rings (SSSR count). The minimum atomic E-state index is -4.42. The Kier molecular flexibility index (Phi) is 4.94. The van der Waals surface area contributed by atoms with E-state index < -0.39 is 11.7 Å². The molecule has 0 saturated carbocycles. The minimum absolute atomic E-state index is 0.131. The van der Waals surface area contributed by atoms with Crippen LogP contribution in [0.5, 0.6) is 0 Å². The summed E-state index contributed by atoms with van der Waals surface area (Å²) in [6, 6.07) is 4.80. The Morgan fingerprint density at radius 1 is 1.27 bits per heavy atom. The molecule has 0 unspecified atom stereocenters. The number of alkyl halides is 3. The highest BCUT2D eigenvalue weighted by Crippen LogP contribution is 2.31. The third-order valence-electron chi connectivity index (χ3n) is 3.62. The van der Waals surface area contributed by atoms with Crippen LogP contribution < -0.4 is 11.1 Å². The van der Waals surface area contributed by atoms with Crippen molar-refractivity contribution < 1.29 is 17.9 Å². The first kappa shape index (κ1) is 17.9. The average Bonchev–Trinajstić information content (AvgIpc) is 2.97. The van der Waals surface area contributed by atoms with E-state index in [4.69, 9.17) is 10.5 Å². The third kappa shape index (κ3) is 4.02. The maximum absolute atomic E-state index is 12.8. The monoisotopic (exact) mass is 366 g/mol. The van der Waals surface area contributed by atoms with Gasteiger partial charge in [-0.2, -0.15) is 18.2 Å². The predicted octanol–water partition coefficient (Wildman–Crippen LogP) is 3.05. The number of nitrogens with zero attached hydrogens (tertiary/aromatic N) is 4. The van der Waals surface area contributed by atoms with E-state index in [0.717, 1.165) is 24.2 Å². The van der Waals surface area contributed by atoms with Gasteiger partial charge < -0.3 is 15.8 Å². The molecule has 7 nitrogen and oxygen atoms in total. The quantitative estimate of drug-likeness (QED) is 0.652. The molecule has 2 heterocycles. The van der Waals surface area contributed by atoms with Gasteiger partial charge in [-0.05, 0) is 31.0 Å². The number of benzene rings is 1. The second-order valence-corrected chi connectivity index (χ2v) is 5.62. The van der Waals surface area contributed by atoms with Gasteiger partial charge >= 0.3 is 6.18 Å². The number of hydrogen-bond donors (Lipinski definition) is 2. The molecule has 0 radical (unpaired) electrons. The molecule has 3 N–H and O–H groups in total. The first-order chi connectivity index (χ1) is 12.4. The Morgan fingerprint density at radius 3 is 2.81 bits per heavy atom. The largest absolute Gasteiger partial charge is 0.416 e. The van der Waals surface area contributed by atoms with Crippen molar-refractivity contribution in [3.63, 3.8) is 0 Å². The van der Waals surface area contributed by atoms with Crippen LogP contribution in [-0.2, 0) is 17.3 Å². The molecule has 0 aliphatic rings. The van der Waals surface area contributed by atoms with E-state index in [2.05, 4.69) is 20.4 Å². The second kappa shape index (κ2) is 7.16. The highest BCUT2D eigenvalue weighted by molar-refractivity contribution is 5.63. The van der Waals surface area contributed by atoms with Crippen LogP contribution in [0.2, 0.25) is 0 Å². The Hall–Kier alpha value is -2.88. The Bertz CT molecular complexity index is 909. The summed E-state index contributed by atoms with van der Waals surface area (Å²) < 4.78 is 44.9. The van der Waals surface area contributed by atoms with Crippen molar-refractivity contribution in [3.8, 4) is 0 Å². The fourth-order valence-corrected chi connectivity index (χ4v) is 2.44. The zero-order valence-electron chi connectivity index (χ0n) is 13.9. The van der Waals surface area contributed by atoms with Gasteiger partial charge in [-0.1, -0.05) is 6.07 Å². The topological polar surface area (TPSA) is 90.4 Å². The summed E-state index contributed by atoms with van der Waals surface area (Å²) >= 11 is 0. The maximum Gasteiger partial charge on any atom is 0.416 e. The number of nitrogens with one attached hydrogen (secondary N) is 1. The fourth-order valence-electron chi connectivity index (χ4n) is 2.44. The molecule has 3 aromatic rings. The summed E-state index contributed by atoms with van der Waals surface area (Å²) in [6.45, 7) is 0.597. The summed E-state index contributed by atoms with van der Waals surface area (Å²) in [4.78, 5) is 8.45. The third-order valence-corrected chi connectivity index (χ3v) is 3.62. The fraction of sp³-hybridized carbons (Fsp3) is 0.312. The van der Waals surface area contributed by atoms with Crippen molar-refractivity contribution in [3.05, 3.63) is 41.7 Å². The predicted molar refractivity (Wildman–Crippen MR) is 90.1 cm³/mol. The second-order valence-electron chi connectivity index (χ2n) is 5.62. The molecule has 26 heavy (non-hydrogen) atoms. The highest BCUT2D eigenvalue weighted by Gasteiger charge is 2.30. The molecule has 0 fully saturated rings. The van der Waals surface area contributed by atoms with Crippen LogP contribution in [0, 0.1) is 0 Å². The Morgan fingerprint density at radius 2 is 2.08 bits per heavy atom. The zero-order valence-corrected chi connectivity index (χ0v) is 13.9. The van der Waals surface area contributed by atoms with Crippen molar-refractivity contribution >= 4 is 23.1 Å². The van der Waals surface area contributed by atoms with Crippen molar-refractivity contribution in [1.29, 1.82) is 0 Å². The van der Waals surface area contributed by atoms with E-state index in [-0.39, 0.29) is 17.5 Å². The maximum atomic E-state index is 12.8. The first-order valence-corrected chi connectivity index (χ1v) is 7.82. The molecule has 0 amide bonds. The molecule has 0 spiro atoms. The SMILES string of the molecule is COCCCc1cn2nc(Nc3cccc(C(F)(F)F)c3)nc2c(N)n1. The summed E-state index contributed by atoms with van der Waals surface area (Å²) in [5.74, 6) is 0.330. The number of halogens is 3. The van der Waals surface area contributed by atoms with Gasteiger partial charge in [-0.3, -0.25) is 0 Å². The lowest BCUT2D eigenvalue weighted by Crippen LogP contribution is -2.05. The van der Waals surface area contributed by atoms with E-state index in [1.165, 1.54) is 16.6 Å². The number of fused-ring (bicyclic) bond motifs is 1. The molecular formula is C16H17F3N6O. The molecule has 2 aromatic heterocycles. The van der Waals surface area contributed by atoms with Gasteiger partial charge in [0.15, 0.2) is 11.5 Å². The van der Waals surface area contributed by atoms with E-state index in [1.807, 2.05) is 0 Å². The van der Waals surface area contributed by atoms with Gasteiger partial charge in [0.05, 0.1) is 17.5 Å². The Labute approximate surface area is 147 Å². The van der Waals surface area contributed by atoms with Gasteiger partial charge in [0, 0.05) is 19.4 Å². The van der Waals surface area contributed by atoms with Gasteiger partial charge in [0.2, 0.25) is 5.95 Å². The van der Waals surface area contributed by atoms with E-state index >= 15 is 0 Å². The van der Waals surface area contributed by atoms with Crippen LogP contribution >= 0.6 is 0 Å². The van der Waals surface area contributed by atoms with E-state index in [0.29, 0.717) is 18.7 Å². The summed E-state index contributed by atoms with van der Waals surface area (Å²) in [5.41, 5.74) is 6.43. The van der Waals surface area contributed by atoms with Crippen molar-refractivity contribution in [2.24, 2.45) is 0 Å². The number of anilines is 3. The molecular weight excluding hydrogens is 349 g/mol. The van der Waals surface area contributed by atoms with Crippen molar-refractivity contribution in [1.82, 2.24) is 19.6 Å². The normalized spacial score (nSPS) is 11.8. The molecule has 0 saturated heterocycles. The lowest BCUT2D eigenvalue weighted by Gasteiger charge is -2.08. The lowest BCUT2D eigenvalue weighted by atomic mass is 10.2. The molecule has 1 aromatic carbocycles. The smallest absolute Gasteiger partial charge is 0.385 e. The van der Waals surface area contributed by atoms with Crippen LogP contribution in [0.1, 0.15) is 17.7 Å². The standard InChI is InChI=1S/C16H17F3N6O/c1-26-7-3-6-12-9-25-14(13(20)21-12)23-15(24-25)22-11-5-2-4-10(8-11)16(17,18)19/h2,4-5,8-9H,3,6-7H2,1H3,(H2,20,21)(H,22,24). The number of nitrogens with two attached hydrogens (primary N) is 1. The average molecular weight is 366 g/mol. The molecule has 10 heteroatoms. The van der Waals surface area contributed by atoms with E-state index in [9.17, 15) is 13.2 Å². The van der Waals surface area contributed by atoms with Crippen molar-refractivity contribution in [2.45, 2.75) is 19.0 Å². The van der Waals surface area contributed by atoms with Crippen LogP contribution in [0.25, 0.3) is 5.65 Å². The first-order valence-electron chi connectivity index (χ1n) is 7.82. The van der Waals surface area contributed by atoms with Gasteiger partial charge in [-0.15, -0.1) is 5.10 Å². The number of ether oxygens (including phenoxy) is 1. The van der Waals surface area contributed by atoms with Gasteiger partial charge in [0.25, 0.3) is 0 Å². The van der Waals surface area contributed by atoms with Crippen LogP contribution in [-0.4, -0.2) is 33.3 Å². The summed E-state index contributed by atoms with van der Waals surface area (Å²) in [5, 5.41) is 6.97. The lowest BCUT2D eigenvalue weighted by molar-refractivity contribution is -0.137.